The predicted octanol–water partition coefficient (Wildman–Crippen LogP) is 1.32. The minimum atomic E-state index is -1.02. The van der Waals surface area contributed by atoms with E-state index in [9.17, 15) is 9.59 Å². The van der Waals surface area contributed by atoms with Crippen LogP contribution in [0.15, 0.2) is 30.3 Å². The molecule has 1 aromatic carbocycles. The van der Waals surface area contributed by atoms with E-state index in [1.807, 2.05) is 37.3 Å². The number of rotatable bonds is 8. The number of carboxylic acid groups (broad SMARTS) is 1. The molecule has 0 aliphatic carbocycles. The van der Waals surface area contributed by atoms with Crippen molar-refractivity contribution in [1.82, 2.24) is 5.32 Å². The third-order valence-electron chi connectivity index (χ3n) is 3.12. The summed E-state index contributed by atoms with van der Waals surface area (Å²) in [7, 11) is 0. The van der Waals surface area contributed by atoms with E-state index in [2.05, 4.69) is 5.32 Å². The first kappa shape index (κ1) is 16.2. The number of hydrogen-bond acceptors (Lipinski definition) is 3. The molecule has 1 amide bonds. The van der Waals surface area contributed by atoms with Crippen LogP contribution in [0, 0.1) is 0 Å². The fourth-order valence-corrected chi connectivity index (χ4v) is 1.92. The molecule has 1 rings (SSSR count). The zero-order chi connectivity index (χ0) is 15.0. The van der Waals surface area contributed by atoms with E-state index >= 15 is 0 Å². The zero-order valence-electron chi connectivity index (χ0n) is 11.7. The molecule has 4 N–H and O–H groups in total. The number of hydrogen-bond donors (Lipinski definition) is 3. The van der Waals surface area contributed by atoms with E-state index in [-0.39, 0.29) is 0 Å². The molecule has 0 saturated heterocycles. The first-order chi connectivity index (χ1) is 9.54. The Morgan fingerprint density at radius 1 is 1.25 bits per heavy atom. The van der Waals surface area contributed by atoms with Crippen LogP contribution in [0.5, 0.6) is 0 Å². The summed E-state index contributed by atoms with van der Waals surface area (Å²) in [5.41, 5.74) is 6.91. The number of carboxylic acids is 1. The fraction of sp³-hybridized carbons (Fsp3) is 0.467. The molecule has 0 heterocycles. The van der Waals surface area contributed by atoms with Crippen molar-refractivity contribution in [2.24, 2.45) is 5.73 Å². The van der Waals surface area contributed by atoms with E-state index < -0.39 is 24.0 Å². The molecule has 2 atom stereocenters. The van der Waals surface area contributed by atoms with Crippen molar-refractivity contribution in [3.63, 3.8) is 0 Å². The summed E-state index contributed by atoms with van der Waals surface area (Å²) in [6.45, 7) is 1.87. The minimum Gasteiger partial charge on any atom is -0.480 e. The molecule has 0 unspecified atom stereocenters. The molecule has 0 saturated carbocycles. The van der Waals surface area contributed by atoms with Gasteiger partial charge in [0.25, 0.3) is 0 Å². The van der Waals surface area contributed by atoms with Gasteiger partial charge in [-0.15, -0.1) is 0 Å². The number of carbonyl (C=O) groups is 2. The van der Waals surface area contributed by atoms with Crippen LogP contribution in [0.4, 0.5) is 0 Å². The third kappa shape index (κ3) is 5.40. The van der Waals surface area contributed by atoms with Crippen LogP contribution < -0.4 is 11.1 Å². The number of aryl methyl sites for hydroxylation is 1. The first-order valence-electron chi connectivity index (χ1n) is 6.87. The third-order valence-corrected chi connectivity index (χ3v) is 3.12. The topological polar surface area (TPSA) is 92.4 Å². The smallest absolute Gasteiger partial charge is 0.326 e. The highest BCUT2D eigenvalue weighted by Crippen LogP contribution is 2.05. The average molecular weight is 278 g/mol. The SMILES string of the molecule is CCC[C@@H](NC(=O)[C@@H](N)CCc1ccccc1)C(=O)O. The van der Waals surface area contributed by atoms with Crippen LogP contribution in [0.25, 0.3) is 0 Å². The molecule has 0 aliphatic rings. The van der Waals surface area contributed by atoms with Crippen molar-refractivity contribution in [2.45, 2.75) is 44.7 Å². The standard InChI is InChI=1S/C15H22N2O3/c1-2-6-13(15(19)20)17-14(18)12(16)10-9-11-7-4-3-5-8-11/h3-5,7-8,12-13H,2,6,9-10,16H2,1H3,(H,17,18)(H,19,20)/t12-,13+/m0/s1. The van der Waals surface area contributed by atoms with Gasteiger partial charge >= 0.3 is 5.97 Å². The summed E-state index contributed by atoms with van der Waals surface area (Å²) in [6.07, 6.45) is 2.29. The van der Waals surface area contributed by atoms with Gasteiger partial charge in [0.05, 0.1) is 6.04 Å². The second kappa shape index (κ2) is 8.32. The van der Waals surface area contributed by atoms with E-state index in [0.29, 0.717) is 25.7 Å². The molecule has 0 bridgehead atoms. The molecular weight excluding hydrogens is 256 g/mol. The van der Waals surface area contributed by atoms with Gasteiger partial charge in [0.15, 0.2) is 0 Å². The van der Waals surface area contributed by atoms with Crippen molar-refractivity contribution >= 4 is 11.9 Å². The van der Waals surface area contributed by atoms with Crippen molar-refractivity contribution < 1.29 is 14.7 Å². The van der Waals surface area contributed by atoms with Crippen molar-refractivity contribution in [3.8, 4) is 0 Å². The summed E-state index contributed by atoms with van der Waals surface area (Å²) in [5, 5.41) is 11.5. The number of aliphatic carboxylic acids is 1. The Morgan fingerprint density at radius 3 is 2.45 bits per heavy atom. The van der Waals surface area contributed by atoms with Gasteiger partial charge in [-0.05, 0) is 24.8 Å². The lowest BCUT2D eigenvalue weighted by molar-refractivity contribution is -0.142. The zero-order valence-corrected chi connectivity index (χ0v) is 11.7. The molecule has 110 valence electrons. The van der Waals surface area contributed by atoms with Gasteiger partial charge in [-0.1, -0.05) is 43.7 Å². The van der Waals surface area contributed by atoms with Crippen LogP contribution in [-0.4, -0.2) is 29.1 Å². The van der Waals surface area contributed by atoms with Crippen LogP contribution in [0.3, 0.4) is 0 Å². The molecule has 5 nitrogen and oxygen atoms in total. The lowest BCUT2D eigenvalue weighted by Gasteiger charge is -2.17. The Balaban J connectivity index is 2.44. The molecule has 0 spiro atoms. The fourth-order valence-electron chi connectivity index (χ4n) is 1.92. The summed E-state index contributed by atoms with van der Waals surface area (Å²) >= 11 is 0. The van der Waals surface area contributed by atoms with Gasteiger partial charge in [0, 0.05) is 0 Å². The van der Waals surface area contributed by atoms with E-state index in [1.54, 1.807) is 0 Å². The molecular formula is C15H22N2O3. The van der Waals surface area contributed by atoms with Gasteiger partial charge in [-0.3, -0.25) is 4.79 Å². The molecule has 0 radical (unpaired) electrons. The summed E-state index contributed by atoms with van der Waals surface area (Å²) in [4.78, 5) is 22.8. The number of benzene rings is 1. The largest absolute Gasteiger partial charge is 0.480 e. The van der Waals surface area contributed by atoms with E-state index in [1.165, 1.54) is 0 Å². The lowest BCUT2D eigenvalue weighted by atomic mass is 10.0. The summed E-state index contributed by atoms with van der Waals surface area (Å²) in [5.74, 6) is -1.42. The Morgan fingerprint density at radius 2 is 1.90 bits per heavy atom. The van der Waals surface area contributed by atoms with Crippen LogP contribution in [0.1, 0.15) is 31.7 Å². The quantitative estimate of drug-likeness (QED) is 0.668. The molecule has 1 aromatic rings. The Labute approximate surface area is 119 Å². The van der Waals surface area contributed by atoms with Crippen LogP contribution in [-0.2, 0) is 16.0 Å². The maximum absolute atomic E-state index is 11.9. The van der Waals surface area contributed by atoms with Crippen molar-refractivity contribution in [1.29, 1.82) is 0 Å². The maximum atomic E-state index is 11.9. The van der Waals surface area contributed by atoms with Gasteiger partial charge in [-0.2, -0.15) is 0 Å². The average Bonchev–Trinajstić information content (AvgIpc) is 2.45. The highest BCUT2D eigenvalue weighted by Gasteiger charge is 2.22. The Kier molecular flexibility index (Phi) is 6.73. The lowest BCUT2D eigenvalue weighted by Crippen LogP contribution is -2.48. The summed E-state index contributed by atoms with van der Waals surface area (Å²) < 4.78 is 0. The molecule has 5 heteroatoms. The van der Waals surface area contributed by atoms with Crippen LogP contribution >= 0.6 is 0 Å². The van der Waals surface area contributed by atoms with Gasteiger partial charge in [-0.25, -0.2) is 4.79 Å². The Hall–Kier alpha value is -1.88. The van der Waals surface area contributed by atoms with Gasteiger partial charge in [0.2, 0.25) is 5.91 Å². The number of carbonyl (C=O) groups excluding carboxylic acids is 1. The molecule has 0 aliphatic heterocycles. The molecule has 20 heavy (non-hydrogen) atoms. The predicted molar refractivity (Wildman–Crippen MR) is 77.2 cm³/mol. The highest BCUT2D eigenvalue weighted by molar-refractivity contribution is 5.86. The van der Waals surface area contributed by atoms with Crippen molar-refractivity contribution in [3.05, 3.63) is 35.9 Å². The molecule has 0 aromatic heterocycles. The second-order valence-electron chi connectivity index (χ2n) is 4.82. The maximum Gasteiger partial charge on any atom is 0.326 e. The van der Waals surface area contributed by atoms with Crippen molar-refractivity contribution in [2.75, 3.05) is 0 Å². The highest BCUT2D eigenvalue weighted by atomic mass is 16.4. The molecule has 0 fully saturated rings. The summed E-state index contributed by atoms with van der Waals surface area (Å²) in [6, 6.07) is 8.21. The monoisotopic (exact) mass is 278 g/mol. The van der Waals surface area contributed by atoms with Crippen LogP contribution in [0.2, 0.25) is 0 Å². The Bertz CT molecular complexity index is 434. The van der Waals surface area contributed by atoms with E-state index in [4.69, 9.17) is 10.8 Å². The number of amides is 1. The van der Waals surface area contributed by atoms with Gasteiger partial charge in [0.1, 0.15) is 6.04 Å². The number of nitrogens with one attached hydrogen (secondary N) is 1. The second-order valence-corrected chi connectivity index (χ2v) is 4.82. The minimum absolute atomic E-state index is 0.401. The van der Waals surface area contributed by atoms with Gasteiger partial charge < -0.3 is 16.2 Å². The number of nitrogens with two attached hydrogens (primary N) is 1. The first-order valence-corrected chi connectivity index (χ1v) is 6.87. The normalized spacial score (nSPS) is 13.5. The van der Waals surface area contributed by atoms with E-state index in [0.717, 1.165) is 5.56 Å².